The van der Waals surface area contributed by atoms with E-state index in [0.717, 1.165) is 0 Å². The van der Waals surface area contributed by atoms with Gasteiger partial charge in [0.2, 0.25) is 0 Å². The summed E-state index contributed by atoms with van der Waals surface area (Å²) >= 11 is 0. The Morgan fingerprint density at radius 2 is 2.21 bits per heavy atom. The Labute approximate surface area is 81.0 Å². The molecule has 0 aromatic heterocycles. The predicted molar refractivity (Wildman–Crippen MR) is 48.8 cm³/mol. The number of benzene rings is 1. The molecular weight excluding hydrogens is 182 g/mol. The maximum Gasteiger partial charge on any atom is 0.336 e. The topological polar surface area (TPSA) is 81.3 Å². The summed E-state index contributed by atoms with van der Waals surface area (Å²) in [5, 5.41) is 26.5. The zero-order valence-electron chi connectivity index (χ0n) is 7.61. The first kappa shape index (κ1) is 10.2. The molecule has 0 amide bonds. The molecule has 14 heavy (non-hydrogen) atoms. The minimum absolute atomic E-state index is 0.0454. The van der Waals surface area contributed by atoms with Crippen molar-refractivity contribution in [1.29, 1.82) is 5.26 Å². The fourth-order valence-electron chi connectivity index (χ4n) is 1.28. The molecule has 2 N–H and O–H groups in total. The fraction of sp³-hybridized carbons (Fsp3) is 0.200. The second kappa shape index (κ2) is 3.90. The van der Waals surface area contributed by atoms with Crippen molar-refractivity contribution in [3.63, 3.8) is 0 Å². The highest BCUT2D eigenvalue weighted by Crippen LogP contribution is 2.18. The number of aliphatic hydroxyl groups excluding tert-OH is 1. The normalized spacial score (nSPS) is 9.50. The fourth-order valence-corrected chi connectivity index (χ4v) is 1.28. The van der Waals surface area contributed by atoms with Gasteiger partial charge in [0.1, 0.15) is 0 Å². The highest BCUT2D eigenvalue weighted by Gasteiger charge is 2.13. The number of carboxylic acids is 1. The third-order valence-corrected chi connectivity index (χ3v) is 2.11. The number of carbonyl (C=O) groups is 1. The molecule has 0 aliphatic rings. The van der Waals surface area contributed by atoms with E-state index in [1.165, 1.54) is 12.1 Å². The monoisotopic (exact) mass is 191 g/mol. The van der Waals surface area contributed by atoms with Gasteiger partial charge in [0.15, 0.2) is 0 Å². The molecule has 72 valence electrons. The molecule has 0 radical (unpaired) electrons. The van der Waals surface area contributed by atoms with Gasteiger partial charge in [0, 0.05) is 0 Å². The maximum atomic E-state index is 10.7. The molecule has 0 saturated heterocycles. The first-order valence-electron chi connectivity index (χ1n) is 3.98. The molecule has 0 saturated carbocycles. The van der Waals surface area contributed by atoms with E-state index in [1.807, 2.05) is 6.07 Å². The van der Waals surface area contributed by atoms with Crippen LogP contribution in [0.1, 0.15) is 27.0 Å². The quantitative estimate of drug-likeness (QED) is 0.732. The number of rotatable bonds is 2. The number of aliphatic hydroxyl groups is 1. The average Bonchev–Trinajstić information content (AvgIpc) is 2.17. The summed E-state index contributed by atoms with van der Waals surface area (Å²) < 4.78 is 0. The van der Waals surface area contributed by atoms with Crippen molar-refractivity contribution < 1.29 is 15.0 Å². The Morgan fingerprint density at radius 3 is 2.64 bits per heavy atom. The zero-order chi connectivity index (χ0) is 10.7. The molecule has 0 spiro atoms. The van der Waals surface area contributed by atoms with Crippen LogP contribution in [0.25, 0.3) is 0 Å². The van der Waals surface area contributed by atoms with Crippen LogP contribution < -0.4 is 0 Å². The van der Waals surface area contributed by atoms with Crippen molar-refractivity contribution in [2.24, 2.45) is 0 Å². The number of nitrogens with zero attached hydrogens (tertiary/aromatic N) is 1. The maximum absolute atomic E-state index is 10.7. The van der Waals surface area contributed by atoms with Crippen LogP contribution in [0.5, 0.6) is 0 Å². The van der Waals surface area contributed by atoms with Gasteiger partial charge in [-0.15, -0.1) is 0 Å². The van der Waals surface area contributed by atoms with Crippen molar-refractivity contribution in [3.8, 4) is 6.07 Å². The summed E-state index contributed by atoms with van der Waals surface area (Å²) in [6, 6.07) is 4.71. The first-order chi connectivity index (χ1) is 6.61. The summed E-state index contributed by atoms with van der Waals surface area (Å²) in [5.41, 5.74) is 1.26. The van der Waals surface area contributed by atoms with E-state index in [1.54, 1.807) is 6.92 Å². The summed E-state index contributed by atoms with van der Waals surface area (Å²) in [6.07, 6.45) is 0. The largest absolute Gasteiger partial charge is 0.478 e. The summed E-state index contributed by atoms with van der Waals surface area (Å²) in [4.78, 5) is 10.7. The van der Waals surface area contributed by atoms with Crippen LogP contribution in [-0.4, -0.2) is 16.2 Å². The van der Waals surface area contributed by atoms with Crippen molar-refractivity contribution >= 4 is 5.97 Å². The molecule has 4 heteroatoms. The SMILES string of the molecule is Cc1c(C#N)ccc(C(=O)O)c1CO. The van der Waals surface area contributed by atoms with Crippen LogP contribution in [0, 0.1) is 18.3 Å². The van der Waals surface area contributed by atoms with E-state index in [9.17, 15) is 4.79 Å². The van der Waals surface area contributed by atoms with Gasteiger partial charge in [0.25, 0.3) is 0 Å². The van der Waals surface area contributed by atoms with Gasteiger partial charge >= 0.3 is 5.97 Å². The highest BCUT2D eigenvalue weighted by atomic mass is 16.4. The van der Waals surface area contributed by atoms with E-state index in [2.05, 4.69) is 0 Å². The van der Waals surface area contributed by atoms with Crippen molar-refractivity contribution in [2.45, 2.75) is 13.5 Å². The van der Waals surface area contributed by atoms with Gasteiger partial charge in [-0.05, 0) is 30.2 Å². The third-order valence-electron chi connectivity index (χ3n) is 2.11. The molecule has 0 aliphatic carbocycles. The second-order valence-electron chi connectivity index (χ2n) is 2.84. The lowest BCUT2D eigenvalue weighted by Crippen LogP contribution is -2.05. The van der Waals surface area contributed by atoms with Gasteiger partial charge in [-0.3, -0.25) is 0 Å². The molecule has 1 rings (SSSR count). The molecule has 1 aromatic carbocycles. The molecule has 0 heterocycles. The minimum atomic E-state index is -1.10. The lowest BCUT2D eigenvalue weighted by atomic mass is 9.98. The number of carboxylic acid groups (broad SMARTS) is 1. The molecule has 0 fully saturated rings. The van der Waals surface area contributed by atoms with Crippen LogP contribution in [0.15, 0.2) is 12.1 Å². The molecule has 1 aromatic rings. The van der Waals surface area contributed by atoms with E-state index in [4.69, 9.17) is 15.5 Å². The van der Waals surface area contributed by atoms with Crippen molar-refractivity contribution in [3.05, 3.63) is 34.4 Å². The molecule has 0 unspecified atom stereocenters. The highest BCUT2D eigenvalue weighted by molar-refractivity contribution is 5.90. The number of hydrogen-bond donors (Lipinski definition) is 2. The Hall–Kier alpha value is -1.86. The average molecular weight is 191 g/mol. The Balaban J connectivity index is 3.45. The minimum Gasteiger partial charge on any atom is -0.478 e. The van der Waals surface area contributed by atoms with Crippen LogP contribution in [0.3, 0.4) is 0 Å². The van der Waals surface area contributed by atoms with E-state index in [-0.39, 0.29) is 12.2 Å². The van der Waals surface area contributed by atoms with Gasteiger partial charge in [-0.2, -0.15) is 5.26 Å². The van der Waals surface area contributed by atoms with E-state index >= 15 is 0 Å². The number of aromatic carboxylic acids is 1. The molecule has 0 aliphatic heterocycles. The van der Waals surface area contributed by atoms with Crippen LogP contribution in [0.2, 0.25) is 0 Å². The summed E-state index contributed by atoms with van der Waals surface area (Å²) in [6.45, 7) is 1.25. The van der Waals surface area contributed by atoms with Crippen molar-refractivity contribution in [2.75, 3.05) is 0 Å². The zero-order valence-corrected chi connectivity index (χ0v) is 7.61. The second-order valence-corrected chi connectivity index (χ2v) is 2.84. The van der Waals surface area contributed by atoms with Crippen LogP contribution in [-0.2, 0) is 6.61 Å². The molecular formula is C10H9NO3. The lowest BCUT2D eigenvalue weighted by molar-refractivity contribution is 0.0693. The Kier molecular flexibility index (Phi) is 2.85. The molecule has 4 nitrogen and oxygen atoms in total. The molecule has 0 bridgehead atoms. The standard InChI is InChI=1S/C10H9NO3/c1-6-7(4-11)2-3-8(10(13)14)9(6)5-12/h2-3,12H,5H2,1H3,(H,13,14). The summed E-state index contributed by atoms with van der Waals surface area (Å²) in [7, 11) is 0. The third kappa shape index (κ3) is 1.58. The Bertz CT molecular complexity index is 418. The number of hydrogen-bond acceptors (Lipinski definition) is 3. The smallest absolute Gasteiger partial charge is 0.336 e. The number of nitriles is 1. The van der Waals surface area contributed by atoms with E-state index in [0.29, 0.717) is 16.7 Å². The van der Waals surface area contributed by atoms with Gasteiger partial charge in [-0.1, -0.05) is 0 Å². The van der Waals surface area contributed by atoms with Gasteiger partial charge < -0.3 is 10.2 Å². The predicted octanol–water partition coefficient (Wildman–Crippen LogP) is 1.06. The Morgan fingerprint density at radius 1 is 1.57 bits per heavy atom. The molecule has 0 atom stereocenters. The van der Waals surface area contributed by atoms with Crippen molar-refractivity contribution in [1.82, 2.24) is 0 Å². The van der Waals surface area contributed by atoms with Crippen LogP contribution >= 0.6 is 0 Å². The van der Waals surface area contributed by atoms with Crippen LogP contribution in [0.4, 0.5) is 0 Å². The van der Waals surface area contributed by atoms with Gasteiger partial charge in [-0.25, -0.2) is 4.79 Å². The summed E-state index contributed by atoms with van der Waals surface area (Å²) in [5.74, 6) is -1.10. The lowest BCUT2D eigenvalue weighted by Gasteiger charge is -2.07. The van der Waals surface area contributed by atoms with E-state index < -0.39 is 5.97 Å². The first-order valence-corrected chi connectivity index (χ1v) is 3.98. The van der Waals surface area contributed by atoms with Gasteiger partial charge in [0.05, 0.1) is 23.8 Å².